The minimum absolute atomic E-state index is 0.0499. The third-order valence-electron chi connectivity index (χ3n) is 5.25. The second-order valence-corrected chi connectivity index (χ2v) is 7.72. The van der Waals surface area contributed by atoms with Crippen molar-refractivity contribution in [2.24, 2.45) is 5.92 Å². The topological polar surface area (TPSA) is 32.3 Å². The minimum atomic E-state index is 0.0499. The molecule has 0 spiro atoms. The number of nitrogens with zero attached hydrogens (tertiary/aromatic N) is 1. The number of thiophene rings is 1. The summed E-state index contributed by atoms with van der Waals surface area (Å²) in [7, 11) is 1.96. The molecule has 1 amide bonds. The van der Waals surface area contributed by atoms with E-state index < -0.39 is 0 Å². The van der Waals surface area contributed by atoms with E-state index in [0.29, 0.717) is 6.04 Å². The van der Waals surface area contributed by atoms with Crippen molar-refractivity contribution < 1.29 is 4.79 Å². The van der Waals surface area contributed by atoms with Gasteiger partial charge in [-0.05, 0) is 43.6 Å². The molecule has 0 bridgehead atoms. The molecule has 1 saturated carbocycles. The molecule has 1 saturated heterocycles. The Bertz CT molecular complexity index is 459. The van der Waals surface area contributed by atoms with E-state index >= 15 is 0 Å². The molecule has 0 aromatic carbocycles. The number of rotatable bonds is 4. The molecular weight excluding hydrogens is 280 g/mol. The molecule has 21 heavy (non-hydrogen) atoms. The molecule has 4 heteroatoms. The van der Waals surface area contributed by atoms with Crippen LogP contribution >= 0.6 is 11.3 Å². The average molecular weight is 306 g/mol. The van der Waals surface area contributed by atoms with Crippen LogP contribution in [0, 0.1) is 5.92 Å². The summed E-state index contributed by atoms with van der Waals surface area (Å²) in [6.07, 6.45) is 7.21. The SMILES string of the molecule is CC(Cc1cccs1)N(C)C(=O)C1CC2CCCCC2N1. The van der Waals surface area contributed by atoms with Gasteiger partial charge in [-0.1, -0.05) is 18.9 Å². The minimum Gasteiger partial charge on any atom is -0.341 e. The van der Waals surface area contributed by atoms with Gasteiger partial charge in [0, 0.05) is 30.4 Å². The first-order chi connectivity index (χ1) is 10.1. The predicted molar refractivity (Wildman–Crippen MR) is 87.5 cm³/mol. The van der Waals surface area contributed by atoms with Gasteiger partial charge in [-0.3, -0.25) is 4.79 Å². The van der Waals surface area contributed by atoms with Crippen LogP contribution in [0.4, 0.5) is 0 Å². The highest BCUT2D eigenvalue weighted by Crippen LogP contribution is 2.33. The number of carbonyl (C=O) groups excluding carboxylic acids is 1. The highest BCUT2D eigenvalue weighted by molar-refractivity contribution is 7.09. The molecule has 2 aliphatic rings. The Morgan fingerprint density at radius 1 is 1.48 bits per heavy atom. The van der Waals surface area contributed by atoms with Crippen molar-refractivity contribution in [3.63, 3.8) is 0 Å². The summed E-state index contributed by atoms with van der Waals surface area (Å²) in [5.41, 5.74) is 0. The summed E-state index contributed by atoms with van der Waals surface area (Å²) < 4.78 is 0. The van der Waals surface area contributed by atoms with Crippen molar-refractivity contribution in [3.05, 3.63) is 22.4 Å². The number of nitrogens with one attached hydrogen (secondary N) is 1. The fourth-order valence-electron chi connectivity index (χ4n) is 3.83. The lowest BCUT2D eigenvalue weighted by molar-refractivity contribution is -0.133. The maximum absolute atomic E-state index is 12.7. The summed E-state index contributed by atoms with van der Waals surface area (Å²) >= 11 is 1.78. The van der Waals surface area contributed by atoms with E-state index in [2.05, 4.69) is 29.8 Å². The van der Waals surface area contributed by atoms with Crippen LogP contribution in [-0.4, -0.2) is 36.0 Å². The lowest BCUT2D eigenvalue weighted by Crippen LogP contribution is -2.47. The Hall–Kier alpha value is -0.870. The normalized spacial score (nSPS) is 29.9. The van der Waals surface area contributed by atoms with E-state index in [-0.39, 0.29) is 18.0 Å². The highest BCUT2D eigenvalue weighted by Gasteiger charge is 2.39. The van der Waals surface area contributed by atoms with E-state index in [9.17, 15) is 4.79 Å². The summed E-state index contributed by atoms with van der Waals surface area (Å²) in [6.45, 7) is 2.15. The fraction of sp³-hybridized carbons (Fsp3) is 0.706. The predicted octanol–water partition coefficient (Wildman–Crippen LogP) is 3.06. The third kappa shape index (κ3) is 3.32. The van der Waals surface area contributed by atoms with Crippen LogP contribution in [0.1, 0.15) is 43.9 Å². The van der Waals surface area contributed by atoms with Crippen molar-refractivity contribution in [1.82, 2.24) is 10.2 Å². The average Bonchev–Trinajstić information content (AvgIpc) is 3.14. The summed E-state index contributed by atoms with van der Waals surface area (Å²) in [4.78, 5) is 16.0. The molecule has 4 atom stereocenters. The number of hydrogen-bond donors (Lipinski definition) is 1. The van der Waals surface area contributed by atoms with Crippen molar-refractivity contribution in [2.45, 2.75) is 63.6 Å². The number of amides is 1. The van der Waals surface area contributed by atoms with Crippen molar-refractivity contribution >= 4 is 17.2 Å². The quantitative estimate of drug-likeness (QED) is 0.927. The maximum atomic E-state index is 12.7. The van der Waals surface area contributed by atoms with E-state index in [0.717, 1.165) is 18.8 Å². The van der Waals surface area contributed by atoms with Gasteiger partial charge in [0.05, 0.1) is 6.04 Å². The molecule has 1 N–H and O–H groups in total. The smallest absolute Gasteiger partial charge is 0.239 e. The van der Waals surface area contributed by atoms with Gasteiger partial charge in [0.25, 0.3) is 0 Å². The van der Waals surface area contributed by atoms with Crippen LogP contribution < -0.4 is 5.32 Å². The second-order valence-electron chi connectivity index (χ2n) is 6.69. The zero-order chi connectivity index (χ0) is 14.8. The van der Waals surface area contributed by atoms with Gasteiger partial charge in [0.15, 0.2) is 0 Å². The molecule has 3 nitrogen and oxygen atoms in total. The Labute approximate surface area is 131 Å². The number of fused-ring (bicyclic) bond motifs is 1. The van der Waals surface area contributed by atoms with Crippen LogP contribution in [-0.2, 0) is 11.2 Å². The first-order valence-electron chi connectivity index (χ1n) is 8.20. The number of likely N-dealkylation sites (N-methyl/N-ethyl adjacent to an activating group) is 1. The zero-order valence-corrected chi connectivity index (χ0v) is 13.9. The summed E-state index contributed by atoms with van der Waals surface area (Å²) in [6, 6.07) is 5.14. The monoisotopic (exact) mass is 306 g/mol. The lowest BCUT2D eigenvalue weighted by Gasteiger charge is -2.28. The Morgan fingerprint density at radius 2 is 2.29 bits per heavy atom. The fourth-order valence-corrected chi connectivity index (χ4v) is 4.66. The van der Waals surface area contributed by atoms with Gasteiger partial charge in [-0.2, -0.15) is 0 Å². The third-order valence-corrected chi connectivity index (χ3v) is 6.15. The lowest BCUT2D eigenvalue weighted by atomic mass is 9.85. The summed E-state index contributed by atoms with van der Waals surface area (Å²) in [5.74, 6) is 1.02. The molecule has 116 valence electrons. The van der Waals surface area contributed by atoms with E-state index in [4.69, 9.17) is 0 Å². The molecule has 4 unspecified atom stereocenters. The van der Waals surface area contributed by atoms with Crippen LogP contribution in [0.5, 0.6) is 0 Å². The molecule has 1 aliphatic heterocycles. The standard InChI is InChI=1S/C17H26N2OS/c1-12(10-14-7-5-9-21-14)19(2)17(20)16-11-13-6-3-4-8-15(13)18-16/h5,7,9,12-13,15-16,18H,3-4,6,8,10-11H2,1-2H3. The first kappa shape index (κ1) is 15.0. The molecule has 2 fully saturated rings. The van der Waals surface area contributed by atoms with Gasteiger partial charge in [-0.15, -0.1) is 11.3 Å². The van der Waals surface area contributed by atoms with Gasteiger partial charge in [0.1, 0.15) is 0 Å². The van der Waals surface area contributed by atoms with Crippen molar-refractivity contribution in [1.29, 1.82) is 0 Å². The molecule has 1 aliphatic carbocycles. The molecule has 0 radical (unpaired) electrons. The van der Waals surface area contributed by atoms with Crippen LogP contribution in [0.15, 0.2) is 17.5 Å². The van der Waals surface area contributed by atoms with E-state index in [1.54, 1.807) is 11.3 Å². The van der Waals surface area contributed by atoms with Gasteiger partial charge >= 0.3 is 0 Å². The van der Waals surface area contributed by atoms with Gasteiger partial charge < -0.3 is 10.2 Å². The number of carbonyl (C=O) groups is 1. The Balaban J connectivity index is 1.57. The van der Waals surface area contributed by atoms with Gasteiger partial charge in [-0.25, -0.2) is 0 Å². The van der Waals surface area contributed by atoms with E-state index in [1.807, 2.05) is 11.9 Å². The zero-order valence-electron chi connectivity index (χ0n) is 13.0. The Morgan fingerprint density at radius 3 is 3.00 bits per heavy atom. The molecule has 1 aromatic rings. The van der Waals surface area contributed by atoms with Gasteiger partial charge in [0.2, 0.25) is 5.91 Å². The van der Waals surface area contributed by atoms with Crippen LogP contribution in [0.3, 0.4) is 0 Å². The largest absolute Gasteiger partial charge is 0.341 e. The molecular formula is C17H26N2OS. The van der Waals surface area contributed by atoms with Crippen LogP contribution in [0.2, 0.25) is 0 Å². The molecule has 3 rings (SSSR count). The van der Waals surface area contributed by atoms with E-state index in [1.165, 1.54) is 30.6 Å². The summed E-state index contributed by atoms with van der Waals surface area (Å²) in [5, 5.41) is 5.70. The van der Waals surface area contributed by atoms with Crippen molar-refractivity contribution in [2.75, 3.05) is 7.05 Å². The Kier molecular flexibility index (Phi) is 4.65. The molecule has 2 heterocycles. The molecule has 1 aromatic heterocycles. The maximum Gasteiger partial charge on any atom is 0.239 e. The number of hydrogen-bond acceptors (Lipinski definition) is 3. The van der Waals surface area contributed by atoms with Crippen molar-refractivity contribution in [3.8, 4) is 0 Å². The first-order valence-corrected chi connectivity index (χ1v) is 9.08. The second kappa shape index (κ2) is 6.49. The van der Waals surface area contributed by atoms with Crippen LogP contribution in [0.25, 0.3) is 0 Å². The highest BCUT2D eigenvalue weighted by atomic mass is 32.1.